The zero-order valence-corrected chi connectivity index (χ0v) is 20.3. The molecule has 3 aromatic rings. The molecule has 0 radical (unpaired) electrons. The van der Waals surface area contributed by atoms with Crippen molar-refractivity contribution in [3.63, 3.8) is 0 Å². The molecule has 0 aliphatic carbocycles. The molecule has 3 aromatic heterocycles. The van der Waals surface area contributed by atoms with Crippen LogP contribution in [-0.4, -0.2) is 47.7 Å². The molecule has 0 aromatic carbocycles. The van der Waals surface area contributed by atoms with E-state index in [0.29, 0.717) is 23.2 Å². The van der Waals surface area contributed by atoms with Gasteiger partial charge in [-0.2, -0.15) is 0 Å². The number of carbonyl (C=O) groups is 3. The molecule has 1 N–H and O–H groups in total. The summed E-state index contributed by atoms with van der Waals surface area (Å²) >= 11 is 1.62. The minimum Gasteiger partial charge on any atom is -0.467 e. The van der Waals surface area contributed by atoms with E-state index in [1.54, 1.807) is 24.3 Å². The highest BCUT2D eigenvalue weighted by Crippen LogP contribution is 2.33. The Morgan fingerprint density at radius 3 is 2.52 bits per heavy atom. The molecule has 1 amide bonds. The van der Waals surface area contributed by atoms with Gasteiger partial charge in [0.05, 0.1) is 29.4 Å². The second-order valence-electron chi connectivity index (χ2n) is 8.18. The van der Waals surface area contributed by atoms with Crippen LogP contribution in [0, 0.1) is 26.7 Å². The number of rotatable bonds is 8. The molecule has 0 saturated heterocycles. The van der Waals surface area contributed by atoms with Gasteiger partial charge in [-0.25, -0.2) is 14.6 Å². The van der Waals surface area contributed by atoms with Gasteiger partial charge in [0.25, 0.3) is 11.6 Å². The van der Waals surface area contributed by atoms with Crippen molar-refractivity contribution < 1.29 is 28.4 Å². The minimum absolute atomic E-state index is 0.154. The number of thiophene rings is 1. The second-order valence-corrected chi connectivity index (χ2v) is 9.64. The number of hydrogen-bond acceptors (Lipinski definition) is 9. The SMILES string of the molecule is COC(=O)[C@H](CC(C)C)NC(=O)COC(=O)c1cc(-c2cc(C)sc2C)nc2onc(C)c12. The average Bonchev–Trinajstić information content (AvgIpc) is 3.31. The number of aryl methyl sites for hydroxylation is 3. The van der Waals surface area contributed by atoms with Gasteiger partial charge in [-0.15, -0.1) is 11.3 Å². The van der Waals surface area contributed by atoms with E-state index in [2.05, 4.69) is 15.5 Å². The monoisotopic (exact) mass is 473 g/mol. The van der Waals surface area contributed by atoms with Crippen LogP contribution in [0.25, 0.3) is 22.4 Å². The van der Waals surface area contributed by atoms with Crippen LogP contribution >= 0.6 is 11.3 Å². The van der Waals surface area contributed by atoms with Crippen LogP contribution in [0.4, 0.5) is 0 Å². The Labute approximate surface area is 195 Å². The number of methoxy groups -OCH3 is 1. The summed E-state index contributed by atoms with van der Waals surface area (Å²) in [6.07, 6.45) is 0.403. The first-order valence-corrected chi connectivity index (χ1v) is 11.3. The highest BCUT2D eigenvalue weighted by molar-refractivity contribution is 7.12. The van der Waals surface area contributed by atoms with Gasteiger partial charge in [0, 0.05) is 15.3 Å². The topological polar surface area (TPSA) is 121 Å². The Bertz CT molecular complexity index is 1200. The third-order valence-electron chi connectivity index (χ3n) is 5.02. The summed E-state index contributed by atoms with van der Waals surface area (Å²) in [4.78, 5) is 43.9. The lowest BCUT2D eigenvalue weighted by atomic mass is 10.0. The van der Waals surface area contributed by atoms with Crippen molar-refractivity contribution in [2.24, 2.45) is 5.92 Å². The maximum absolute atomic E-state index is 13.0. The van der Waals surface area contributed by atoms with Crippen LogP contribution in [0.5, 0.6) is 0 Å². The van der Waals surface area contributed by atoms with Crippen molar-refractivity contribution in [2.45, 2.75) is 47.1 Å². The van der Waals surface area contributed by atoms with Gasteiger partial charge in [-0.3, -0.25) is 4.79 Å². The molecule has 0 fully saturated rings. The normalized spacial score (nSPS) is 12.1. The Hall–Kier alpha value is -3.27. The highest BCUT2D eigenvalue weighted by Gasteiger charge is 2.25. The molecular weight excluding hydrogens is 446 g/mol. The van der Waals surface area contributed by atoms with E-state index in [0.717, 1.165) is 15.3 Å². The standard InChI is InChI=1S/C23H27N3O6S/c1-11(2)7-18(23(29)30-6)24-19(27)10-31-22(28)16-9-17(15-8-12(3)33-14(15)5)25-21-20(16)13(4)26-32-21/h8-9,11,18H,7,10H2,1-6H3,(H,24,27)/t18-/m0/s1. The van der Waals surface area contributed by atoms with Gasteiger partial charge in [-0.1, -0.05) is 19.0 Å². The molecule has 176 valence electrons. The number of carbonyl (C=O) groups excluding carboxylic acids is 3. The fourth-order valence-corrected chi connectivity index (χ4v) is 4.48. The first-order chi connectivity index (χ1) is 15.6. The molecule has 9 nitrogen and oxygen atoms in total. The van der Waals surface area contributed by atoms with Gasteiger partial charge in [0.1, 0.15) is 6.04 Å². The van der Waals surface area contributed by atoms with E-state index < -0.39 is 30.5 Å². The van der Waals surface area contributed by atoms with Crippen molar-refractivity contribution in [1.29, 1.82) is 0 Å². The highest BCUT2D eigenvalue weighted by atomic mass is 32.1. The fourth-order valence-electron chi connectivity index (χ4n) is 3.55. The molecule has 10 heteroatoms. The molecule has 0 unspecified atom stereocenters. The number of esters is 2. The zero-order chi connectivity index (χ0) is 24.3. The van der Waals surface area contributed by atoms with E-state index in [1.807, 2.05) is 33.8 Å². The molecule has 3 rings (SSSR count). The Morgan fingerprint density at radius 1 is 1.18 bits per heavy atom. The lowest BCUT2D eigenvalue weighted by Crippen LogP contribution is -2.44. The average molecular weight is 474 g/mol. The van der Waals surface area contributed by atoms with Crippen molar-refractivity contribution in [2.75, 3.05) is 13.7 Å². The van der Waals surface area contributed by atoms with E-state index >= 15 is 0 Å². The number of nitrogens with zero attached hydrogens (tertiary/aromatic N) is 2. The number of aromatic nitrogens is 2. The number of nitrogens with one attached hydrogen (secondary N) is 1. The van der Waals surface area contributed by atoms with Gasteiger partial charge >= 0.3 is 11.9 Å². The van der Waals surface area contributed by atoms with E-state index in [-0.39, 0.29) is 17.2 Å². The van der Waals surface area contributed by atoms with Crippen molar-refractivity contribution in [3.8, 4) is 11.3 Å². The van der Waals surface area contributed by atoms with Gasteiger partial charge in [0.2, 0.25) is 0 Å². The molecule has 0 spiro atoms. The Balaban J connectivity index is 1.82. The largest absolute Gasteiger partial charge is 0.467 e. The predicted molar refractivity (Wildman–Crippen MR) is 123 cm³/mol. The molecule has 33 heavy (non-hydrogen) atoms. The van der Waals surface area contributed by atoms with Crippen molar-refractivity contribution >= 4 is 40.3 Å². The van der Waals surface area contributed by atoms with Crippen LogP contribution in [0.15, 0.2) is 16.7 Å². The number of fused-ring (bicyclic) bond motifs is 1. The van der Waals surface area contributed by atoms with Crippen LogP contribution in [0.3, 0.4) is 0 Å². The first kappa shape index (κ1) is 24.4. The number of hydrogen-bond donors (Lipinski definition) is 1. The molecule has 0 saturated carbocycles. The molecular formula is C23H27N3O6S. The smallest absolute Gasteiger partial charge is 0.339 e. The lowest BCUT2D eigenvalue weighted by molar-refractivity contribution is -0.145. The van der Waals surface area contributed by atoms with Crippen LogP contribution in [0.1, 0.15) is 46.1 Å². The lowest BCUT2D eigenvalue weighted by Gasteiger charge is -2.18. The van der Waals surface area contributed by atoms with E-state index in [1.165, 1.54) is 7.11 Å². The summed E-state index contributed by atoms with van der Waals surface area (Å²) in [5, 5.41) is 6.91. The second kappa shape index (κ2) is 10.1. The number of pyridine rings is 1. The third kappa shape index (κ3) is 5.57. The number of ether oxygens (including phenoxy) is 2. The summed E-state index contributed by atoms with van der Waals surface area (Å²) in [7, 11) is 1.26. The maximum atomic E-state index is 13.0. The van der Waals surface area contributed by atoms with Crippen molar-refractivity contribution in [3.05, 3.63) is 33.1 Å². The van der Waals surface area contributed by atoms with E-state index in [9.17, 15) is 14.4 Å². The van der Waals surface area contributed by atoms with Gasteiger partial charge in [0.15, 0.2) is 6.61 Å². The van der Waals surface area contributed by atoms with E-state index in [4.69, 9.17) is 14.0 Å². The fraction of sp³-hybridized carbons (Fsp3) is 0.435. The summed E-state index contributed by atoms with van der Waals surface area (Å²) in [6.45, 7) is 8.96. The zero-order valence-electron chi connectivity index (χ0n) is 19.5. The minimum atomic E-state index is -0.814. The van der Waals surface area contributed by atoms with Crippen molar-refractivity contribution in [1.82, 2.24) is 15.5 Å². The summed E-state index contributed by atoms with van der Waals surface area (Å²) in [5.74, 6) is -1.71. The maximum Gasteiger partial charge on any atom is 0.339 e. The van der Waals surface area contributed by atoms with Crippen LogP contribution in [-0.2, 0) is 19.1 Å². The molecule has 3 heterocycles. The van der Waals surface area contributed by atoms with Gasteiger partial charge < -0.3 is 19.3 Å². The summed E-state index contributed by atoms with van der Waals surface area (Å²) in [5.41, 5.74) is 2.35. The predicted octanol–water partition coefficient (Wildman–Crippen LogP) is 3.74. The van der Waals surface area contributed by atoms with Gasteiger partial charge in [-0.05, 0) is 45.2 Å². The summed E-state index contributed by atoms with van der Waals surface area (Å²) < 4.78 is 15.3. The quantitative estimate of drug-likeness (QED) is 0.491. The Kier molecular flexibility index (Phi) is 7.47. The Morgan fingerprint density at radius 2 is 1.91 bits per heavy atom. The third-order valence-corrected chi connectivity index (χ3v) is 5.98. The molecule has 0 aliphatic heterocycles. The molecule has 1 atom stereocenters. The number of amides is 1. The summed E-state index contributed by atoms with van der Waals surface area (Å²) in [6, 6.07) is 2.80. The van der Waals surface area contributed by atoms with Crippen LogP contribution in [0.2, 0.25) is 0 Å². The first-order valence-electron chi connectivity index (χ1n) is 10.5. The van der Waals surface area contributed by atoms with Crippen LogP contribution < -0.4 is 5.32 Å². The molecule has 0 bridgehead atoms. The molecule has 0 aliphatic rings.